The Morgan fingerprint density at radius 2 is 1.80 bits per heavy atom. The molecule has 1 amide bonds. The summed E-state index contributed by atoms with van der Waals surface area (Å²) < 4.78 is 3.08. The number of aryl methyl sites for hydroxylation is 1. The van der Waals surface area contributed by atoms with Crippen molar-refractivity contribution in [3.63, 3.8) is 0 Å². The van der Waals surface area contributed by atoms with Gasteiger partial charge in [-0.1, -0.05) is 23.5 Å². The lowest BCUT2D eigenvalue weighted by molar-refractivity contribution is -0.140. The molecule has 1 N–H and O–H groups in total. The largest absolute Gasteiger partial charge is 0.310 e. The lowest BCUT2D eigenvalue weighted by Gasteiger charge is -2.55. The molecule has 4 saturated carbocycles. The lowest BCUT2D eigenvalue weighted by Crippen LogP contribution is -2.52. The maximum absolute atomic E-state index is 13.8. The van der Waals surface area contributed by atoms with Gasteiger partial charge in [-0.15, -0.1) is 0 Å². The molecule has 5 nitrogen and oxygen atoms in total. The standard InChI is InChI=1S/C24H26N4OS/c29-22(24-11-14-8-15(12-24)10-16(9-14)13-24)26-21-17-4-3-6-18(17)27-28(21)23-25-19-5-1-2-7-20(19)30-23/h1-2,5,7,14-16H,3-4,6,8-13H2,(H,26,29). The highest BCUT2D eigenvalue weighted by Gasteiger charge is 2.54. The van der Waals surface area contributed by atoms with Crippen LogP contribution in [-0.2, 0) is 17.6 Å². The van der Waals surface area contributed by atoms with E-state index < -0.39 is 0 Å². The van der Waals surface area contributed by atoms with Crippen molar-refractivity contribution in [3.05, 3.63) is 35.5 Å². The number of hydrogen-bond donors (Lipinski definition) is 1. The third-order valence-corrected chi connectivity index (χ3v) is 9.13. The highest BCUT2D eigenvalue weighted by Crippen LogP contribution is 2.60. The number of benzene rings is 1. The number of carbonyl (C=O) groups is 1. The predicted octanol–water partition coefficient (Wildman–Crippen LogP) is 5.13. The Bertz CT molecular complexity index is 1110. The summed E-state index contributed by atoms with van der Waals surface area (Å²) in [6, 6.07) is 8.20. The van der Waals surface area contributed by atoms with Crippen LogP contribution in [0.5, 0.6) is 0 Å². The number of fused-ring (bicyclic) bond motifs is 2. The molecule has 0 atom stereocenters. The number of nitrogens with one attached hydrogen (secondary N) is 1. The van der Waals surface area contributed by atoms with Crippen molar-refractivity contribution in [2.45, 2.75) is 57.8 Å². The van der Waals surface area contributed by atoms with Gasteiger partial charge in [0.15, 0.2) is 0 Å². The topological polar surface area (TPSA) is 59.8 Å². The number of anilines is 1. The molecular formula is C24H26N4OS. The fourth-order valence-corrected chi connectivity index (χ4v) is 8.16. The van der Waals surface area contributed by atoms with Gasteiger partial charge in [-0.25, -0.2) is 4.98 Å². The van der Waals surface area contributed by atoms with E-state index in [1.165, 1.54) is 24.8 Å². The summed E-state index contributed by atoms with van der Waals surface area (Å²) in [5, 5.41) is 9.18. The molecule has 0 unspecified atom stereocenters. The van der Waals surface area contributed by atoms with E-state index in [4.69, 9.17) is 10.1 Å². The van der Waals surface area contributed by atoms with Gasteiger partial charge in [0.25, 0.3) is 0 Å². The summed E-state index contributed by atoms with van der Waals surface area (Å²) >= 11 is 1.65. The third-order valence-electron chi connectivity index (χ3n) is 8.12. The first-order valence-corrected chi connectivity index (χ1v) is 12.3. The third kappa shape index (κ3) is 2.49. The minimum atomic E-state index is -0.150. The molecule has 1 aromatic carbocycles. The van der Waals surface area contributed by atoms with Crippen molar-refractivity contribution >= 4 is 33.3 Å². The molecule has 2 heterocycles. The van der Waals surface area contributed by atoms with Gasteiger partial charge in [0.1, 0.15) is 5.82 Å². The van der Waals surface area contributed by atoms with E-state index in [0.717, 1.165) is 83.1 Å². The van der Waals surface area contributed by atoms with Crippen LogP contribution in [0, 0.1) is 23.2 Å². The SMILES string of the molecule is O=C(Nc1c2c(nn1-c1nc3ccccc3s1)CCC2)C12CC3CC(CC(C3)C1)C2. The average Bonchev–Trinajstić information content (AvgIpc) is 3.41. The van der Waals surface area contributed by atoms with Crippen molar-refractivity contribution in [2.24, 2.45) is 23.2 Å². The first kappa shape index (κ1) is 17.5. The number of rotatable bonds is 3. The summed E-state index contributed by atoms with van der Waals surface area (Å²) in [6.07, 6.45) is 10.4. The van der Waals surface area contributed by atoms with Crippen molar-refractivity contribution in [1.29, 1.82) is 0 Å². The van der Waals surface area contributed by atoms with Crippen molar-refractivity contribution < 1.29 is 4.79 Å². The molecular weight excluding hydrogens is 392 g/mol. The van der Waals surface area contributed by atoms with Crippen LogP contribution in [0.2, 0.25) is 0 Å². The molecule has 5 aliphatic rings. The second kappa shape index (κ2) is 6.16. The Balaban J connectivity index is 1.28. The Hall–Kier alpha value is -2.21. The van der Waals surface area contributed by atoms with Gasteiger partial charge >= 0.3 is 0 Å². The van der Waals surface area contributed by atoms with Crippen LogP contribution < -0.4 is 5.32 Å². The Kier molecular flexibility index (Phi) is 3.59. The fraction of sp³-hybridized carbons (Fsp3) is 0.542. The Morgan fingerprint density at radius 3 is 2.53 bits per heavy atom. The van der Waals surface area contributed by atoms with Crippen LogP contribution in [0.15, 0.2) is 24.3 Å². The summed E-state index contributed by atoms with van der Waals surface area (Å²) in [5.74, 6) is 3.44. The normalized spacial score (nSPS) is 31.4. The van der Waals surface area contributed by atoms with E-state index in [2.05, 4.69) is 11.4 Å². The quantitative estimate of drug-likeness (QED) is 0.642. The van der Waals surface area contributed by atoms with Gasteiger partial charge in [-0.2, -0.15) is 9.78 Å². The monoisotopic (exact) mass is 418 g/mol. The molecule has 0 radical (unpaired) electrons. The van der Waals surface area contributed by atoms with E-state index >= 15 is 0 Å². The van der Waals surface area contributed by atoms with Crippen LogP contribution in [0.25, 0.3) is 15.3 Å². The molecule has 4 fully saturated rings. The summed E-state index contributed by atoms with van der Waals surface area (Å²) in [5.41, 5.74) is 3.21. The molecule has 30 heavy (non-hydrogen) atoms. The highest BCUT2D eigenvalue weighted by molar-refractivity contribution is 7.20. The molecule has 5 aliphatic carbocycles. The molecule has 0 aliphatic heterocycles. The molecule has 0 spiro atoms. The second-order valence-corrected chi connectivity index (χ2v) is 11.2. The van der Waals surface area contributed by atoms with E-state index in [1.54, 1.807) is 11.3 Å². The molecule has 8 rings (SSSR count). The maximum Gasteiger partial charge on any atom is 0.231 e. The van der Waals surface area contributed by atoms with Crippen molar-refractivity contribution in [2.75, 3.05) is 5.32 Å². The van der Waals surface area contributed by atoms with Gasteiger partial charge in [0, 0.05) is 5.56 Å². The minimum Gasteiger partial charge on any atom is -0.310 e. The zero-order valence-electron chi connectivity index (χ0n) is 17.1. The lowest BCUT2D eigenvalue weighted by atomic mass is 9.49. The predicted molar refractivity (Wildman–Crippen MR) is 118 cm³/mol. The van der Waals surface area contributed by atoms with E-state index in [9.17, 15) is 4.79 Å². The number of aromatic nitrogens is 3. The molecule has 6 heteroatoms. The molecule has 154 valence electrons. The van der Waals surface area contributed by atoms with Gasteiger partial charge in [0.05, 0.1) is 21.3 Å². The van der Waals surface area contributed by atoms with Gasteiger partial charge in [-0.05, 0) is 87.7 Å². The van der Waals surface area contributed by atoms with Crippen LogP contribution >= 0.6 is 11.3 Å². The highest BCUT2D eigenvalue weighted by atomic mass is 32.1. The zero-order chi connectivity index (χ0) is 19.9. The second-order valence-electron chi connectivity index (χ2n) is 10.2. The van der Waals surface area contributed by atoms with Crippen LogP contribution in [0.1, 0.15) is 56.2 Å². The number of hydrogen-bond acceptors (Lipinski definition) is 4. The zero-order valence-corrected chi connectivity index (χ0v) is 17.9. The molecule has 0 saturated heterocycles. The van der Waals surface area contributed by atoms with E-state index in [0.29, 0.717) is 0 Å². The van der Waals surface area contributed by atoms with Crippen LogP contribution in [-0.4, -0.2) is 20.7 Å². The van der Waals surface area contributed by atoms with E-state index in [-0.39, 0.29) is 11.3 Å². The number of thiazole rings is 1. The number of para-hydroxylation sites is 1. The maximum atomic E-state index is 13.8. The minimum absolute atomic E-state index is 0.150. The molecule has 4 bridgehead atoms. The summed E-state index contributed by atoms with van der Waals surface area (Å²) in [4.78, 5) is 18.6. The Labute approximate surface area is 179 Å². The average molecular weight is 419 g/mol. The van der Waals surface area contributed by atoms with Gasteiger partial charge in [0.2, 0.25) is 11.0 Å². The van der Waals surface area contributed by atoms with Gasteiger partial charge in [-0.3, -0.25) is 4.79 Å². The van der Waals surface area contributed by atoms with E-state index in [1.807, 2.05) is 22.9 Å². The number of amides is 1. The first-order chi connectivity index (χ1) is 14.7. The number of carbonyl (C=O) groups excluding carboxylic acids is 1. The van der Waals surface area contributed by atoms with Crippen LogP contribution in [0.4, 0.5) is 5.82 Å². The van der Waals surface area contributed by atoms with Crippen molar-refractivity contribution in [1.82, 2.24) is 14.8 Å². The van der Waals surface area contributed by atoms with Crippen LogP contribution in [0.3, 0.4) is 0 Å². The van der Waals surface area contributed by atoms with Crippen molar-refractivity contribution in [3.8, 4) is 5.13 Å². The first-order valence-electron chi connectivity index (χ1n) is 11.4. The summed E-state index contributed by atoms with van der Waals surface area (Å²) in [6.45, 7) is 0. The summed E-state index contributed by atoms with van der Waals surface area (Å²) in [7, 11) is 0. The molecule has 3 aromatic rings. The smallest absolute Gasteiger partial charge is 0.231 e. The Morgan fingerprint density at radius 1 is 1.07 bits per heavy atom. The fourth-order valence-electron chi connectivity index (χ4n) is 7.24. The molecule has 2 aromatic heterocycles. The number of nitrogens with zero attached hydrogens (tertiary/aromatic N) is 3. The van der Waals surface area contributed by atoms with Gasteiger partial charge < -0.3 is 5.32 Å².